The van der Waals surface area contributed by atoms with Gasteiger partial charge in [-0.3, -0.25) is 4.79 Å². The molecule has 16 heavy (non-hydrogen) atoms. The smallest absolute Gasteiger partial charge is 0.148 e. The van der Waals surface area contributed by atoms with Crippen LogP contribution in [0.4, 0.5) is 5.69 Å². The number of aryl methyl sites for hydroxylation is 1. The molecule has 0 aliphatic heterocycles. The zero-order valence-corrected chi connectivity index (χ0v) is 10.1. The lowest BCUT2D eigenvalue weighted by molar-refractivity contribution is -0.115. The summed E-state index contributed by atoms with van der Waals surface area (Å²) < 4.78 is 10.4. The summed E-state index contributed by atoms with van der Waals surface area (Å²) in [6, 6.07) is 3.71. The Morgan fingerprint density at radius 3 is 2.38 bits per heavy atom. The van der Waals surface area contributed by atoms with Crippen LogP contribution in [0.25, 0.3) is 0 Å². The van der Waals surface area contributed by atoms with Crippen LogP contribution in [-0.4, -0.2) is 26.5 Å². The molecule has 0 radical (unpaired) electrons. The number of hydrogen-bond acceptors (Lipinski definition) is 4. The molecule has 1 rings (SSSR count). The van der Waals surface area contributed by atoms with Crippen molar-refractivity contribution in [3.8, 4) is 11.5 Å². The van der Waals surface area contributed by atoms with E-state index in [0.29, 0.717) is 5.75 Å². The van der Waals surface area contributed by atoms with Crippen molar-refractivity contribution in [3.63, 3.8) is 0 Å². The van der Waals surface area contributed by atoms with Crippen molar-refractivity contribution in [2.24, 2.45) is 0 Å². The molecule has 0 spiro atoms. The van der Waals surface area contributed by atoms with E-state index in [2.05, 4.69) is 5.32 Å². The molecule has 88 valence electrons. The summed E-state index contributed by atoms with van der Waals surface area (Å²) in [6.07, 6.45) is 0. The Morgan fingerprint density at radius 1 is 1.25 bits per heavy atom. The van der Waals surface area contributed by atoms with E-state index in [1.807, 2.05) is 19.1 Å². The summed E-state index contributed by atoms with van der Waals surface area (Å²) in [5, 5.41) is 3.01. The zero-order valence-electron chi connectivity index (χ0n) is 10.1. The van der Waals surface area contributed by atoms with Crippen molar-refractivity contribution in [1.82, 2.24) is 0 Å². The Hall–Kier alpha value is -1.71. The quantitative estimate of drug-likeness (QED) is 0.829. The fraction of sp³-hybridized carbons (Fsp3) is 0.417. The van der Waals surface area contributed by atoms with Crippen molar-refractivity contribution < 1.29 is 14.3 Å². The predicted octanol–water partition coefficient (Wildman–Crippen LogP) is 2.01. The van der Waals surface area contributed by atoms with Gasteiger partial charge in [0.05, 0.1) is 26.5 Å². The van der Waals surface area contributed by atoms with Gasteiger partial charge in [-0.15, -0.1) is 0 Å². The first-order chi connectivity index (χ1) is 7.58. The lowest BCUT2D eigenvalue weighted by atomic mass is 10.2. The number of methoxy groups -OCH3 is 2. The van der Waals surface area contributed by atoms with Crippen LogP contribution in [0.2, 0.25) is 0 Å². The summed E-state index contributed by atoms with van der Waals surface area (Å²) in [7, 11) is 3.21. The topological polar surface area (TPSA) is 47.6 Å². The van der Waals surface area contributed by atoms with Gasteiger partial charge in [0.15, 0.2) is 0 Å². The van der Waals surface area contributed by atoms with Crippen LogP contribution in [0, 0.1) is 6.92 Å². The normalized spacial score (nSPS) is 9.75. The average molecular weight is 223 g/mol. The molecule has 1 aromatic carbocycles. The van der Waals surface area contributed by atoms with E-state index in [1.165, 1.54) is 6.92 Å². The number of ketones is 1. The first-order valence-electron chi connectivity index (χ1n) is 5.04. The van der Waals surface area contributed by atoms with Crippen LogP contribution in [0.5, 0.6) is 11.5 Å². The monoisotopic (exact) mass is 223 g/mol. The van der Waals surface area contributed by atoms with Crippen molar-refractivity contribution in [3.05, 3.63) is 17.7 Å². The Kier molecular flexibility index (Phi) is 4.17. The third-order valence-corrected chi connectivity index (χ3v) is 2.24. The molecule has 0 aliphatic rings. The summed E-state index contributed by atoms with van der Waals surface area (Å²) in [4.78, 5) is 10.9. The number of nitrogens with one attached hydrogen (secondary N) is 1. The van der Waals surface area contributed by atoms with Gasteiger partial charge in [-0.25, -0.2) is 0 Å². The minimum Gasteiger partial charge on any atom is -0.496 e. The third kappa shape index (κ3) is 2.89. The molecule has 0 saturated carbocycles. The van der Waals surface area contributed by atoms with E-state index in [0.717, 1.165) is 17.0 Å². The van der Waals surface area contributed by atoms with Gasteiger partial charge in [-0.2, -0.15) is 0 Å². The van der Waals surface area contributed by atoms with E-state index < -0.39 is 0 Å². The fourth-order valence-corrected chi connectivity index (χ4v) is 1.41. The van der Waals surface area contributed by atoms with E-state index in [1.54, 1.807) is 14.2 Å². The summed E-state index contributed by atoms with van der Waals surface area (Å²) in [6.45, 7) is 3.75. The average Bonchev–Trinajstić information content (AvgIpc) is 2.26. The predicted molar refractivity (Wildman–Crippen MR) is 63.5 cm³/mol. The number of Topliss-reactive ketones (excluding diaryl/α,β-unsaturated/α-hetero) is 1. The number of benzene rings is 1. The molecule has 4 heteroatoms. The number of carbonyl (C=O) groups excluding carboxylic acids is 1. The molecule has 0 atom stereocenters. The molecule has 0 unspecified atom stereocenters. The molecule has 4 nitrogen and oxygen atoms in total. The minimum atomic E-state index is 0.0709. The Morgan fingerprint density at radius 2 is 1.88 bits per heavy atom. The largest absolute Gasteiger partial charge is 0.496 e. The van der Waals surface area contributed by atoms with E-state index in [4.69, 9.17) is 9.47 Å². The molecule has 0 aromatic heterocycles. The van der Waals surface area contributed by atoms with Crippen LogP contribution in [0.15, 0.2) is 12.1 Å². The first-order valence-corrected chi connectivity index (χ1v) is 5.04. The molecular formula is C12H17NO3. The second kappa shape index (κ2) is 5.39. The lowest BCUT2D eigenvalue weighted by Gasteiger charge is -2.13. The molecular weight excluding hydrogens is 206 g/mol. The number of ether oxygens (including phenoxy) is 2. The van der Waals surface area contributed by atoms with Crippen LogP contribution >= 0.6 is 0 Å². The van der Waals surface area contributed by atoms with Gasteiger partial charge < -0.3 is 14.8 Å². The van der Waals surface area contributed by atoms with E-state index in [-0.39, 0.29) is 12.3 Å². The van der Waals surface area contributed by atoms with Crippen LogP contribution < -0.4 is 14.8 Å². The summed E-state index contributed by atoms with van der Waals surface area (Å²) >= 11 is 0. The van der Waals surface area contributed by atoms with Crippen molar-refractivity contribution in [2.45, 2.75) is 13.8 Å². The molecule has 1 aromatic rings. The number of anilines is 1. The lowest BCUT2D eigenvalue weighted by Crippen LogP contribution is -2.10. The van der Waals surface area contributed by atoms with Gasteiger partial charge >= 0.3 is 0 Å². The molecule has 0 bridgehead atoms. The highest BCUT2D eigenvalue weighted by Gasteiger charge is 2.08. The maximum Gasteiger partial charge on any atom is 0.148 e. The van der Waals surface area contributed by atoms with Crippen LogP contribution in [-0.2, 0) is 4.79 Å². The van der Waals surface area contributed by atoms with Gasteiger partial charge in [0.1, 0.15) is 17.3 Å². The second-order valence-corrected chi connectivity index (χ2v) is 3.58. The fourth-order valence-electron chi connectivity index (χ4n) is 1.41. The standard InChI is InChI=1S/C12H17NO3/c1-8-5-12(16-4)10(6-11(8)15-3)13-7-9(2)14/h5-6,13H,7H2,1-4H3. The van der Waals surface area contributed by atoms with E-state index >= 15 is 0 Å². The Bertz CT molecular complexity index is 388. The first kappa shape index (κ1) is 12.4. The number of carbonyl (C=O) groups is 1. The highest BCUT2D eigenvalue weighted by Crippen LogP contribution is 2.32. The van der Waals surface area contributed by atoms with Gasteiger partial charge in [0, 0.05) is 6.07 Å². The SMILES string of the molecule is COc1cc(NCC(C)=O)c(OC)cc1C. The summed E-state index contributed by atoms with van der Waals surface area (Å²) in [5.74, 6) is 1.55. The van der Waals surface area contributed by atoms with Crippen LogP contribution in [0.1, 0.15) is 12.5 Å². The van der Waals surface area contributed by atoms with Crippen LogP contribution in [0.3, 0.4) is 0 Å². The summed E-state index contributed by atoms with van der Waals surface area (Å²) in [5.41, 5.74) is 1.76. The minimum absolute atomic E-state index is 0.0709. The van der Waals surface area contributed by atoms with Gasteiger partial charge in [-0.1, -0.05) is 0 Å². The Labute approximate surface area is 95.6 Å². The van der Waals surface area contributed by atoms with Gasteiger partial charge in [0.25, 0.3) is 0 Å². The Balaban J connectivity index is 2.99. The molecule has 1 N–H and O–H groups in total. The molecule has 0 saturated heterocycles. The highest BCUT2D eigenvalue weighted by atomic mass is 16.5. The molecule has 0 amide bonds. The van der Waals surface area contributed by atoms with Crippen molar-refractivity contribution in [1.29, 1.82) is 0 Å². The highest BCUT2D eigenvalue weighted by molar-refractivity contribution is 5.81. The van der Waals surface area contributed by atoms with Crippen molar-refractivity contribution in [2.75, 3.05) is 26.1 Å². The maximum absolute atomic E-state index is 10.9. The molecule has 0 heterocycles. The van der Waals surface area contributed by atoms with Gasteiger partial charge in [-0.05, 0) is 25.5 Å². The van der Waals surface area contributed by atoms with Gasteiger partial charge in [0.2, 0.25) is 0 Å². The van der Waals surface area contributed by atoms with Crippen molar-refractivity contribution >= 4 is 11.5 Å². The third-order valence-electron chi connectivity index (χ3n) is 2.24. The molecule has 0 aliphatic carbocycles. The molecule has 0 fully saturated rings. The number of hydrogen-bond donors (Lipinski definition) is 1. The zero-order chi connectivity index (χ0) is 12.1. The maximum atomic E-state index is 10.9. The van der Waals surface area contributed by atoms with E-state index in [9.17, 15) is 4.79 Å². The second-order valence-electron chi connectivity index (χ2n) is 3.58. The number of rotatable bonds is 5.